The number of carboxylic acids is 1. The van der Waals surface area contributed by atoms with Crippen LogP contribution < -0.4 is 10.6 Å². The van der Waals surface area contributed by atoms with Crippen molar-refractivity contribution in [3.05, 3.63) is 0 Å². The van der Waals surface area contributed by atoms with Crippen molar-refractivity contribution in [2.45, 2.75) is 64.0 Å². The van der Waals surface area contributed by atoms with Gasteiger partial charge < -0.3 is 15.7 Å². The van der Waals surface area contributed by atoms with E-state index in [2.05, 4.69) is 17.6 Å². The minimum Gasteiger partial charge on any atom is -0.481 e. The minimum absolute atomic E-state index is 0.185. The standard InChI is InChI=1S/C16H26N2O3/c1-9(13-8-10-5-6-11(13)7-10)17-16(21)18-14-4-2-3-12(14)15(19)20/h9-14H,2-8H2,1H3,(H,19,20)(H2,17,18,21). The van der Waals surface area contributed by atoms with Gasteiger partial charge in [0.15, 0.2) is 0 Å². The Kier molecular flexibility index (Phi) is 4.09. The van der Waals surface area contributed by atoms with Crippen LogP contribution in [0.25, 0.3) is 0 Å². The van der Waals surface area contributed by atoms with Gasteiger partial charge in [0.05, 0.1) is 5.92 Å². The Morgan fingerprint density at radius 3 is 2.57 bits per heavy atom. The van der Waals surface area contributed by atoms with Crippen molar-refractivity contribution < 1.29 is 14.7 Å². The number of amides is 2. The molecule has 118 valence electrons. The molecule has 3 rings (SSSR count). The van der Waals surface area contributed by atoms with Gasteiger partial charge in [-0.3, -0.25) is 4.79 Å². The molecule has 0 radical (unpaired) electrons. The summed E-state index contributed by atoms with van der Waals surface area (Å²) in [4.78, 5) is 23.3. The molecule has 3 N–H and O–H groups in total. The second-order valence-electron chi connectivity index (χ2n) is 7.23. The summed E-state index contributed by atoms with van der Waals surface area (Å²) in [5.41, 5.74) is 0. The van der Waals surface area contributed by atoms with Gasteiger partial charge in [-0.1, -0.05) is 12.8 Å². The lowest BCUT2D eigenvalue weighted by Crippen LogP contribution is -2.50. The Hall–Kier alpha value is -1.26. The molecule has 0 heterocycles. The largest absolute Gasteiger partial charge is 0.481 e. The molecule has 0 aromatic carbocycles. The molecule has 21 heavy (non-hydrogen) atoms. The van der Waals surface area contributed by atoms with Crippen LogP contribution in [0.3, 0.4) is 0 Å². The molecule has 3 saturated carbocycles. The van der Waals surface area contributed by atoms with Crippen LogP contribution in [0.2, 0.25) is 0 Å². The Morgan fingerprint density at radius 1 is 1.14 bits per heavy atom. The molecule has 2 amide bonds. The number of carbonyl (C=O) groups excluding carboxylic acids is 1. The highest BCUT2D eigenvalue weighted by Crippen LogP contribution is 2.49. The van der Waals surface area contributed by atoms with Gasteiger partial charge in [-0.15, -0.1) is 0 Å². The number of carboxylic acid groups (broad SMARTS) is 1. The van der Waals surface area contributed by atoms with E-state index in [1.54, 1.807) is 0 Å². The van der Waals surface area contributed by atoms with Gasteiger partial charge in [0.1, 0.15) is 0 Å². The molecule has 6 unspecified atom stereocenters. The third-order valence-electron chi connectivity index (χ3n) is 5.94. The van der Waals surface area contributed by atoms with Crippen molar-refractivity contribution >= 4 is 12.0 Å². The zero-order chi connectivity index (χ0) is 15.0. The van der Waals surface area contributed by atoms with E-state index in [-0.39, 0.29) is 18.1 Å². The third-order valence-corrected chi connectivity index (χ3v) is 5.94. The number of fused-ring (bicyclic) bond motifs is 2. The van der Waals surface area contributed by atoms with Gasteiger partial charge in [-0.05, 0) is 56.8 Å². The highest BCUT2D eigenvalue weighted by atomic mass is 16.4. The average molecular weight is 294 g/mol. The molecule has 5 heteroatoms. The van der Waals surface area contributed by atoms with E-state index >= 15 is 0 Å². The van der Waals surface area contributed by atoms with E-state index in [1.807, 2.05) is 0 Å². The summed E-state index contributed by atoms with van der Waals surface area (Å²) in [6.45, 7) is 2.09. The van der Waals surface area contributed by atoms with Gasteiger partial charge in [0.2, 0.25) is 0 Å². The molecule has 0 aromatic rings. The maximum Gasteiger partial charge on any atom is 0.315 e. The molecule has 0 saturated heterocycles. The van der Waals surface area contributed by atoms with Crippen molar-refractivity contribution in [3.63, 3.8) is 0 Å². The first-order chi connectivity index (χ1) is 10.0. The summed E-state index contributed by atoms with van der Waals surface area (Å²) >= 11 is 0. The van der Waals surface area contributed by atoms with Crippen LogP contribution in [0.5, 0.6) is 0 Å². The van der Waals surface area contributed by atoms with E-state index in [9.17, 15) is 9.59 Å². The van der Waals surface area contributed by atoms with E-state index in [0.29, 0.717) is 12.3 Å². The van der Waals surface area contributed by atoms with Gasteiger partial charge in [0, 0.05) is 12.1 Å². The van der Waals surface area contributed by atoms with Crippen molar-refractivity contribution in [1.82, 2.24) is 10.6 Å². The lowest BCUT2D eigenvalue weighted by atomic mass is 9.84. The summed E-state index contributed by atoms with van der Waals surface area (Å²) in [7, 11) is 0. The lowest BCUT2D eigenvalue weighted by molar-refractivity contribution is -0.142. The molecule has 2 bridgehead atoms. The normalized spacial score (nSPS) is 39.2. The molecular formula is C16H26N2O3. The fourth-order valence-electron chi connectivity index (χ4n) is 4.86. The fraction of sp³-hybridized carbons (Fsp3) is 0.875. The average Bonchev–Trinajstić information content (AvgIpc) is 3.13. The van der Waals surface area contributed by atoms with Gasteiger partial charge in [-0.25, -0.2) is 4.79 Å². The third kappa shape index (κ3) is 3.01. The van der Waals surface area contributed by atoms with Crippen molar-refractivity contribution in [1.29, 1.82) is 0 Å². The maximum absolute atomic E-state index is 12.1. The molecule has 0 spiro atoms. The summed E-state index contributed by atoms with van der Waals surface area (Å²) < 4.78 is 0. The van der Waals surface area contributed by atoms with Gasteiger partial charge >= 0.3 is 12.0 Å². The van der Waals surface area contributed by atoms with E-state index in [0.717, 1.165) is 24.7 Å². The predicted octanol–water partition coefficient (Wildman–Crippen LogP) is 2.36. The van der Waals surface area contributed by atoms with E-state index in [1.165, 1.54) is 25.7 Å². The Balaban J connectivity index is 1.49. The van der Waals surface area contributed by atoms with Crippen LogP contribution >= 0.6 is 0 Å². The highest BCUT2D eigenvalue weighted by Gasteiger charge is 2.42. The van der Waals surface area contributed by atoms with Gasteiger partial charge in [-0.2, -0.15) is 0 Å². The first kappa shape index (κ1) is 14.7. The number of rotatable bonds is 4. The molecule has 3 fully saturated rings. The van der Waals surface area contributed by atoms with Gasteiger partial charge in [0.25, 0.3) is 0 Å². The SMILES string of the molecule is CC(NC(=O)NC1CCCC1C(=O)O)C1CC2CCC1C2. The number of nitrogens with one attached hydrogen (secondary N) is 2. The fourth-order valence-corrected chi connectivity index (χ4v) is 4.86. The molecule has 5 nitrogen and oxygen atoms in total. The first-order valence-corrected chi connectivity index (χ1v) is 8.34. The van der Waals surface area contributed by atoms with Crippen LogP contribution in [0.4, 0.5) is 4.79 Å². The molecule has 0 aromatic heterocycles. The lowest BCUT2D eigenvalue weighted by Gasteiger charge is -2.29. The molecule has 3 aliphatic rings. The van der Waals surface area contributed by atoms with E-state index in [4.69, 9.17) is 5.11 Å². The van der Waals surface area contributed by atoms with Crippen molar-refractivity contribution in [2.75, 3.05) is 0 Å². The monoisotopic (exact) mass is 294 g/mol. The van der Waals surface area contributed by atoms with Crippen molar-refractivity contribution in [3.8, 4) is 0 Å². The van der Waals surface area contributed by atoms with Crippen LogP contribution in [0.15, 0.2) is 0 Å². The summed E-state index contributed by atoms with van der Waals surface area (Å²) in [6, 6.07) is -0.219. The van der Waals surface area contributed by atoms with E-state index < -0.39 is 11.9 Å². The maximum atomic E-state index is 12.1. The number of hydrogen-bond acceptors (Lipinski definition) is 2. The predicted molar refractivity (Wildman–Crippen MR) is 78.8 cm³/mol. The molecule has 0 aliphatic heterocycles. The quantitative estimate of drug-likeness (QED) is 0.745. The molecular weight excluding hydrogens is 268 g/mol. The second-order valence-corrected chi connectivity index (χ2v) is 7.23. The van der Waals surface area contributed by atoms with Crippen LogP contribution in [-0.2, 0) is 4.79 Å². The van der Waals surface area contributed by atoms with Crippen LogP contribution in [0.1, 0.15) is 51.9 Å². The first-order valence-electron chi connectivity index (χ1n) is 8.34. The Morgan fingerprint density at radius 2 is 1.95 bits per heavy atom. The zero-order valence-corrected chi connectivity index (χ0v) is 12.7. The molecule has 3 aliphatic carbocycles. The Bertz CT molecular complexity index is 426. The number of carbonyl (C=O) groups is 2. The topological polar surface area (TPSA) is 78.4 Å². The summed E-state index contributed by atoms with van der Waals surface area (Å²) in [5, 5.41) is 15.1. The summed E-state index contributed by atoms with van der Waals surface area (Å²) in [5.74, 6) is 1.04. The zero-order valence-electron chi connectivity index (χ0n) is 12.7. The number of aliphatic carboxylic acids is 1. The summed E-state index contributed by atoms with van der Waals surface area (Å²) in [6.07, 6.45) is 7.57. The second kappa shape index (κ2) is 5.85. The van der Waals surface area contributed by atoms with Crippen LogP contribution in [-0.4, -0.2) is 29.2 Å². The molecule has 6 atom stereocenters. The highest BCUT2D eigenvalue weighted by molar-refractivity contribution is 5.77. The number of hydrogen-bond donors (Lipinski definition) is 3. The number of urea groups is 1. The van der Waals surface area contributed by atoms with Crippen LogP contribution in [0, 0.1) is 23.7 Å². The minimum atomic E-state index is -0.793. The Labute approximate surface area is 125 Å². The smallest absolute Gasteiger partial charge is 0.315 e. The van der Waals surface area contributed by atoms with Crippen molar-refractivity contribution in [2.24, 2.45) is 23.7 Å².